The van der Waals surface area contributed by atoms with E-state index in [1.165, 1.54) is 10.8 Å². The summed E-state index contributed by atoms with van der Waals surface area (Å²) in [5.74, 6) is 0.268. The molecule has 2 aromatic rings. The lowest BCUT2D eigenvalue weighted by Crippen LogP contribution is -2.49. The molecule has 1 heterocycles. The van der Waals surface area contributed by atoms with Crippen LogP contribution in [0.5, 0.6) is 0 Å². The highest BCUT2D eigenvalue weighted by Crippen LogP contribution is 2.18. The second-order valence-electron chi connectivity index (χ2n) is 6.12. The number of carbonyl (C=O) groups excluding carboxylic acids is 1. The number of likely N-dealkylation sites (tertiary alicyclic amines) is 1. The van der Waals surface area contributed by atoms with Gasteiger partial charge in [-0.2, -0.15) is 0 Å². The van der Waals surface area contributed by atoms with Gasteiger partial charge in [-0.25, -0.2) is 4.79 Å². The number of amides is 2. The average Bonchev–Trinajstić information content (AvgIpc) is 2.55. The van der Waals surface area contributed by atoms with Crippen molar-refractivity contribution in [2.24, 2.45) is 5.92 Å². The van der Waals surface area contributed by atoms with Crippen molar-refractivity contribution in [2.45, 2.75) is 26.0 Å². The maximum Gasteiger partial charge on any atom is 0.317 e. The minimum atomic E-state index is -0.417. The molecular weight excluding hydrogens is 276 g/mol. The first-order chi connectivity index (χ1) is 10.6. The van der Waals surface area contributed by atoms with Crippen LogP contribution in [0.25, 0.3) is 10.8 Å². The van der Waals surface area contributed by atoms with E-state index in [0.717, 1.165) is 12.0 Å². The van der Waals surface area contributed by atoms with E-state index in [-0.39, 0.29) is 11.9 Å². The summed E-state index contributed by atoms with van der Waals surface area (Å²) in [5, 5.41) is 15.2. The molecule has 4 nitrogen and oxygen atoms in total. The number of carbonyl (C=O) groups is 1. The fraction of sp³-hybridized carbons (Fsp3) is 0.389. The molecule has 2 amide bonds. The van der Waals surface area contributed by atoms with Crippen LogP contribution in [0.1, 0.15) is 18.9 Å². The molecule has 2 aromatic carbocycles. The molecule has 2 atom stereocenters. The fourth-order valence-corrected chi connectivity index (χ4v) is 2.87. The number of β-amino-alcohol motifs (C(OH)–C–C–N with tert-alkyl or cyclic N) is 1. The molecule has 1 fully saturated rings. The van der Waals surface area contributed by atoms with Crippen LogP contribution in [-0.2, 0) is 6.54 Å². The number of nitrogens with zero attached hydrogens (tertiary/aromatic N) is 1. The second-order valence-corrected chi connectivity index (χ2v) is 6.12. The van der Waals surface area contributed by atoms with Gasteiger partial charge in [-0.1, -0.05) is 43.3 Å². The SMILES string of the molecule is CC1CCN(C(=O)NCc2ccc3ccccc3c2)CC1O. The van der Waals surface area contributed by atoms with Gasteiger partial charge in [0, 0.05) is 19.6 Å². The van der Waals surface area contributed by atoms with E-state index < -0.39 is 6.10 Å². The predicted octanol–water partition coefficient (Wildman–Crippen LogP) is 2.75. The average molecular weight is 298 g/mol. The summed E-state index contributed by atoms with van der Waals surface area (Å²) in [7, 11) is 0. The first-order valence-corrected chi connectivity index (χ1v) is 7.82. The number of benzene rings is 2. The standard InChI is InChI=1S/C18H22N2O2/c1-13-8-9-20(12-17(13)21)18(22)19-11-14-6-7-15-4-2-3-5-16(15)10-14/h2-7,10,13,17,21H,8-9,11-12H2,1H3,(H,19,22). The summed E-state index contributed by atoms with van der Waals surface area (Å²) in [6.07, 6.45) is 0.435. The van der Waals surface area contributed by atoms with Crippen molar-refractivity contribution in [3.05, 3.63) is 48.0 Å². The molecule has 0 saturated carbocycles. The first kappa shape index (κ1) is 14.9. The van der Waals surface area contributed by atoms with Crippen LogP contribution in [0.4, 0.5) is 4.79 Å². The summed E-state index contributed by atoms with van der Waals surface area (Å²) in [5.41, 5.74) is 1.08. The van der Waals surface area contributed by atoms with Gasteiger partial charge in [0.15, 0.2) is 0 Å². The number of rotatable bonds is 2. The number of piperidine rings is 1. The van der Waals surface area contributed by atoms with Gasteiger partial charge in [-0.15, -0.1) is 0 Å². The highest BCUT2D eigenvalue weighted by molar-refractivity contribution is 5.83. The van der Waals surface area contributed by atoms with Gasteiger partial charge in [0.25, 0.3) is 0 Å². The number of urea groups is 1. The molecule has 3 rings (SSSR count). The van der Waals surface area contributed by atoms with Crippen molar-refractivity contribution in [1.29, 1.82) is 0 Å². The van der Waals surface area contributed by atoms with Gasteiger partial charge in [0.2, 0.25) is 0 Å². The topological polar surface area (TPSA) is 52.6 Å². The number of aliphatic hydroxyl groups is 1. The summed E-state index contributed by atoms with van der Waals surface area (Å²) in [4.78, 5) is 13.9. The summed E-state index contributed by atoms with van der Waals surface area (Å²) < 4.78 is 0. The zero-order chi connectivity index (χ0) is 15.5. The smallest absolute Gasteiger partial charge is 0.317 e. The number of aliphatic hydroxyl groups excluding tert-OH is 1. The minimum Gasteiger partial charge on any atom is -0.391 e. The van der Waals surface area contributed by atoms with E-state index in [0.29, 0.717) is 19.6 Å². The lowest BCUT2D eigenvalue weighted by Gasteiger charge is -2.34. The zero-order valence-corrected chi connectivity index (χ0v) is 12.8. The van der Waals surface area contributed by atoms with Crippen LogP contribution in [0.2, 0.25) is 0 Å². The Hall–Kier alpha value is -2.07. The molecule has 2 N–H and O–H groups in total. The van der Waals surface area contributed by atoms with Gasteiger partial charge in [-0.05, 0) is 34.7 Å². The second kappa shape index (κ2) is 6.36. The molecule has 0 aliphatic carbocycles. The third-order valence-corrected chi connectivity index (χ3v) is 4.46. The third kappa shape index (κ3) is 3.22. The molecular formula is C18H22N2O2. The van der Waals surface area contributed by atoms with Crippen LogP contribution < -0.4 is 5.32 Å². The first-order valence-electron chi connectivity index (χ1n) is 7.82. The van der Waals surface area contributed by atoms with E-state index in [2.05, 4.69) is 29.6 Å². The lowest BCUT2D eigenvalue weighted by atomic mass is 9.96. The Balaban J connectivity index is 1.60. The van der Waals surface area contributed by atoms with Crippen LogP contribution in [0, 0.1) is 5.92 Å². The van der Waals surface area contributed by atoms with Gasteiger partial charge in [0.1, 0.15) is 0 Å². The number of hydrogen-bond acceptors (Lipinski definition) is 2. The summed E-state index contributed by atoms with van der Waals surface area (Å²) >= 11 is 0. The van der Waals surface area contributed by atoms with E-state index in [9.17, 15) is 9.90 Å². The Labute approximate surface area is 130 Å². The van der Waals surface area contributed by atoms with Crippen LogP contribution in [-0.4, -0.2) is 35.2 Å². The predicted molar refractivity (Wildman–Crippen MR) is 87.5 cm³/mol. The van der Waals surface area contributed by atoms with Crippen molar-refractivity contribution in [3.8, 4) is 0 Å². The molecule has 0 radical (unpaired) electrons. The lowest BCUT2D eigenvalue weighted by molar-refractivity contribution is 0.0435. The van der Waals surface area contributed by atoms with Crippen molar-refractivity contribution in [3.63, 3.8) is 0 Å². The maximum atomic E-state index is 12.2. The Morgan fingerprint density at radius 2 is 2.05 bits per heavy atom. The van der Waals surface area contributed by atoms with Gasteiger partial charge in [-0.3, -0.25) is 0 Å². The van der Waals surface area contributed by atoms with Crippen molar-refractivity contribution in [2.75, 3.05) is 13.1 Å². The van der Waals surface area contributed by atoms with Gasteiger partial charge >= 0.3 is 6.03 Å². The summed E-state index contributed by atoms with van der Waals surface area (Å²) in [6.45, 7) is 3.66. The Morgan fingerprint density at radius 1 is 1.27 bits per heavy atom. The molecule has 0 bridgehead atoms. The van der Waals surface area contributed by atoms with Crippen LogP contribution in [0.15, 0.2) is 42.5 Å². The number of hydrogen-bond donors (Lipinski definition) is 2. The van der Waals surface area contributed by atoms with E-state index >= 15 is 0 Å². The zero-order valence-electron chi connectivity index (χ0n) is 12.8. The Kier molecular flexibility index (Phi) is 4.29. The van der Waals surface area contributed by atoms with E-state index in [1.807, 2.05) is 25.1 Å². The molecule has 4 heteroatoms. The molecule has 22 heavy (non-hydrogen) atoms. The Bertz CT molecular complexity index is 671. The Morgan fingerprint density at radius 3 is 2.82 bits per heavy atom. The monoisotopic (exact) mass is 298 g/mol. The largest absolute Gasteiger partial charge is 0.391 e. The third-order valence-electron chi connectivity index (χ3n) is 4.46. The molecule has 1 aliphatic rings. The highest BCUT2D eigenvalue weighted by Gasteiger charge is 2.26. The molecule has 2 unspecified atom stereocenters. The maximum absolute atomic E-state index is 12.2. The fourth-order valence-electron chi connectivity index (χ4n) is 2.87. The molecule has 1 aliphatic heterocycles. The van der Waals surface area contributed by atoms with E-state index in [1.54, 1.807) is 4.90 Å². The molecule has 0 spiro atoms. The van der Waals surface area contributed by atoms with Crippen LogP contribution >= 0.6 is 0 Å². The summed E-state index contributed by atoms with van der Waals surface area (Å²) in [6, 6.07) is 14.3. The number of fused-ring (bicyclic) bond motifs is 1. The normalized spacial score (nSPS) is 21.8. The van der Waals surface area contributed by atoms with Gasteiger partial charge < -0.3 is 15.3 Å². The quantitative estimate of drug-likeness (QED) is 0.895. The van der Waals surface area contributed by atoms with Gasteiger partial charge in [0.05, 0.1) is 6.10 Å². The minimum absolute atomic E-state index is 0.0980. The molecule has 1 saturated heterocycles. The van der Waals surface area contributed by atoms with Crippen molar-refractivity contribution in [1.82, 2.24) is 10.2 Å². The van der Waals surface area contributed by atoms with E-state index in [4.69, 9.17) is 0 Å². The van der Waals surface area contributed by atoms with Crippen molar-refractivity contribution < 1.29 is 9.90 Å². The molecule has 0 aromatic heterocycles. The highest BCUT2D eigenvalue weighted by atomic mass is 16.3. The number of nitrogens with one attached hydrogen (secondary N) is 1. The van der Waals surface area contributed by atoms with Crippen LogP contribution in [0.3, 0.4) is 0 Å². The molecule has 116 valence electrons. The van der Waals surface area contributed by atoms with Crippen molar-refractivity contribution >= 4 is 16.8 Å².